The van der Waals surface area contributed by atoms with Gasteiger partial charge in [-0.15, -0.1) is 0 Å². The Hall–Kier alpha value is -1.82. The van der Waals surface area contributed by atoms with Crippen LogP contribution >= 0.6 is 11.3 Å². The molecule has 1 aromatic carbocycles. The van der Waals surface area contributed by atoms with Gasteiger partial charge in [0.1, 0.15) is 0 Å². The maximum atomic E-state index is 11.5. The molecule has 1 heterocycles. The topological polar surface area (TPSA) is 65.5 Å². The number of carboxylic acid groups (broad SMARTS) is 1. The first-order valence-corrected chi connectivity index (χ1v) is 8.30. The summed E-state index contributed by atoms with van der Waals surface area (Å²) in [6.45, 7) is 5.82. The van der Waals surface area contributed by atoms with Crippen molar-refractivity contribution in [3.8, 4) is 0 Å². The molecule has 118 valence electrons. The molecule has 2 N–H and O–H groups in total. The van der Waals surface area contributed by atoms with Crippen LogP contribution in [0.25, 0.3) is 10.2 Å². The minimum Gasteiger partial charge on any atom is -0.465 e. The molecule has 5 nitrogen and oxygen atoms in total. The number of carbonyl (C=O) groups is 1. The van der Waals surface area contributed by atoms with Gasteiger partial charge in [-0.3, -0.25) is 0 Å². The van der Waals surface area contributed by atoms with Crippen LogP contribution in [-0.4, -0.2) is 38.7 Å². The molecule has 1 aliphatic carbocycles. The first kappa shape index (κ1) is 15.1. The smallest absolute Gasteiger partial charge is 0.407 e. The summed E-state index contributed by atoms with van der Waals surface area (Å²) in [6.07, 6.45) is 0.829. The van der Waals surface area contributed by atoms with Crippen LogP contribution in [0, 0.1) is 0 Å². The van der Waals surface area contributed by atoms with Gasteiger partial charge < -0.3 is 15.3 Å². The van der Waals surface area contributed by atoms with Crippen molar-refractivity contribution < 1.29 is 9.90 Å². The van der Waals surface area contributed by atoms with Crippen molar-refractivity contribution in [3.63, 3.8) is 0 Å². The zero-order valence-corrected chi connectivity index (χ0v) is 13.9. The second kappa shape index (κ2) is 5.43. The molecule has 3 rings (SSSR count). The minimum atomic E-state index is -0.837. The number of nitrogens with zero attached hydrogens (tertiary/aromatic N) is 2. The van der Waals surface area contributed by atoms with Gasteiger partial charge in [-0.05, 0) is 45.7 Å². The predicted molar refractivity (Wildman–Crippen MR) is 89.7 cm³/mol. The molecule has 0 unspecified atom stereocenters. The van der Waals surface area contributed by atoms with E-state index >= 15 is 0 Å². The highest BCUT2D eigenvalue weighted by Crippen LogP contribution is 2.34. The van der Waals surface area contributed by atoms with Gasteiger partial charge in [0.05, 0.1) is 10.2 Å². The van der Waals surface area contributed by atoms with Crippen LogP contribution < -0.4 is 5.32 Å². The predicted octanol–water partition coefficient (Wildman–Crippen LogP) is 4.02. The highest BCUT2D eigenvalue weighted by molar-refractivity contribution is 7.22. The van der Waals surface area contributed by atoms with Crippen molar-refractivity contribution in [2.24, 2.45) is 0 Å². The second-order valence-corrected chi connectivity index (χ2v) is 7.81. The molecule has 0 spiro atoms. The van der Waals surface area contributed by atoms with E-state index in [0.29, 0.717) is 6.04 Å². The normalized spacial score (nSPS) is 21.4. The molecular formula is C16H21N3O2S. The van der Waals surface area contributed by atoms with Crippen LogP contribution in [0.4, 0.5) is 9.93 Å². The summed E-state index contributed by atoms with van der Waals surface area (Å²) in [7, 11) is 0. The van der Waals surface area contributed by atoms with Crippen molar-refractivity contribution in [2.45, 2.75) is 51.2 Å². The number of rotatable bonds is 3. The molecule has 0 aliphatic heterocycles. The quantitative estimate of drug-likeness (QED) is 0.897. The molecule has 1 aromatic heterocycles. The van der Waals surface area contributed by atoms with Gasteiger partial charge in [-0.1, -0.05) is 23.5 Å². The van der Waals surface area contributed by atoms with Crippen LogP contribution in [0.1, 0.15) is 33.6 Å². The molecule has 0 bridgehead atoms. The van der Waals surface area contributed by atoms with Crippen LogP contribution in [0.2, 0.25) is 0 Å². The summed E-state index contributed by atoms with van der Waals surface area (Å²) in [5.41, 5.74) is 0.643. The number of thiazole rings is 1. The lowest BCUT2D eigenvalue weighted by molar-refractivity contribution is 0.0379. The van der Waals surface area contributed by atoms with Gasteiger partial charge in [0.15, 0.2) is 5.13 Å². The van der Waals surface area contributed by atoms with Crippen LogP contribution in [0.15, 0.2) is 24.3 Å². The number of fused-ring (bicyclic) bond motifs is 1. The van der Waals surface area contributed by atoms with Crippen molar-refractivity contribution in [3.05, 3.63) is 24.3 Å². The molecule has 2 aromatic rings. The lowest BCUT2D eigenvalue weighted by Gasteiger charge is -2.47. The Morgan fingerprint density at radius 3 is 2.64 bits per heavy atom. The van der Waals surface area contributed by atoms with Gasteiger partial charge in [-0.25, -0.2) is 9.78 Å². The Morgan fingerprint density at radius 1 is 1.36 bits per heavy atom. The second-order valence-electron chi connectivity index (χ2n) is 6.78. The van der Waals surface area contributed by atoms with E-state index in [4.69, 9.17) is 0 Å². The highest BCUT2D eigenvalue weighted by Gasteiger charge is 2.41. The SMILES string of the molecule is CC(C)(C)N(C(=O)O)C1CC(Nc2nc3ccccc3s2)C1. The fourth-order valence-corrected chi connectivity index (χ4v) is 3.96. The van der Waals surface area contributed by atoms with Crippen molar-refractivity contribution in [1.82, 2.24) is 9.88 Å². The largest absolute Gasteiger partial charge is 0.465 e. The number of anilines is 1. The van der Waals surface area contributed by atoms with Crippen LogP contribution in [0.5, 0.6) is 0 Å². The third-order valence-corrected chi connectivity index (χ3v) is 5.00. The highest BCUT2D eigenvalue weighted by atomic mass is 32.1. The molecule has 22 heavy (non-hydrogen) atoms. The summed E-state index contributed by atoms with van der Waals surface area (Å²) < 4.78 is 1.17. The number of para-hydroxylation sites is 1. The third kappa shape index (κ3) is 2.88. The molecule has 0 radical (unpaired) electrons. The lowest BCUT2D eigenvalue weighted by atomic mass is 9.83. The standard InChI is InChI=1S/C16H21N3O2S/c1-16(2,3)19(15(20)21)11-8-10(9-11)17-14-18-12-6-4-5-7-13(12)22-14/h4-7,10-11H,8-9H2,1-3H3,(H,17,18)(H,20,21). The molecule has 0 saturated heterocycles. The first-order valence-electron chi connectivity index (χ1n) is 7.49. The zero-order chi connectivity index (χ0) is 15.9. The Bertz CT molecular complexity index is 653. The van der Waals surface area contributed by atoms with Crippen LogP contribution in [-0.2, 0) is 0 Å². The number of benzene rings is 1. The summed E-state index contributed by atoms with van der Waals surface area (Å²) >= 11 is 1.64. The summed E-state index contributed by atoms with van der Waals surface area (Å²) in [5.74, 6) is 0. The van der Waals surface area contributed by atoms with E-state index in [2.05, 4.69) is 16.4 Å². The molecular weight excluding hydrogens is 298 g/mol. The maximum absolute atomic E-state index is 11.5. The Labute approximate surface area is 134 Å². The van der Waals surface area contributed by atoms with Crippen molar-refractivity contribution >= 4 is 32.8 Å². The Kier molecular flexibility index (Phi) is 3.72. The van der Waals surface area contributed by atoms with Crippen molar-refractivity contribution in [1.29, 1.82) is 0 Å². The molecule has 1 aliphatic rings. The van der Waals surface area contributed by atoms with E-state index in [0.717, 1.165) is 23.5 Å². The number of hydrogen-bond donors (Lipinski definition) is 2. The monoisotopic (exact) mass is 319 g/mol. The lowest BCUT2D eigenvalue weighted by Crippen LogP contribution is -2.58. The van der Waals surface area contributed by atoms with Gasteiger partial charge in [0.25, 0.3) is 0 Å². The average molecular weight is 319 g/mol. The van der Waals surface area contributed by atoms with Gasteiger partial charge in [0, 0.05) is 17.6 Å². The van der Waals surface area contributed by atoms with Crippen molar-refractivity contribution in [2.75, 3.05) is 5.32 Å². The van der Waals surface area contributed by atoms with E-state index in [9.17, 15) is 9.90 Å². The molecule has 6 heteroatoms. The van der Waals surface area contributed by atoms with Gasteiger partial charge in [0.2, 0.25) is 0 Å². The Balaban J connectivity index is 1.62. The first-order chi connectivity index (χ1) is 10.3. The van der Waals surface area contributed by atoms with E-state index in [1.807, 2.05) is 39.0 Å². The van der Waals surface area contributed by atoms with E-state index < -0.39 is 6.09 Å². The molecule has 0 atom stereocenters. The maximum Gasteiger partial charge on any atom is 0.407 e. The van der Waals surface area contributed by atoms with Gasteiger partial charge >= 0.3 is 6.09 Å². The van der Waals surface area contributed by atoms with Gasteiger partial charge in [-0.2, -0.15) is 0 Å². The molecule has 1 fully saturated rings. The minimum absolute atomic E-state index is 0.0874. The summed E-state index contributed by atoms with van der Waals surface area (Å²) in [5, 5.41) is 13.8. The average Bonchev–Trinajstić information content (AvgIpc) is 2.76. The fraction of sp³-hybridized carbons (Fsp3) is 0.500. The molecule has 1 saturated carbocycles. The number of aromatic nitrogens is 1. The summed E-state index contributed by atoms with van der Waals surface area (Å²) in [6, 6.07) is 8.45. The summed E-state index contributed by atoms with van der Waals surface area (Å²) in [4.78, 5) is 17.6. The number of nitrogens with one attached hydrogen (secondary N) is 1. The zero-order valence-electron chi connectivity index (χ0n) is 13.0. The van der Waals surface area contributed by atoms with E-state index in [1.54, 1.807) is 16.2 Å². The third-order valence-electron chi connectivity index (χ3n) is 4.03. The number of amides is 1. The van der Waals surface area contributed by atoms with E-state index in [-0.39, 0.29) is 11.6 Å². The van der Waals surface area contributed by atoms with Crippen LogP contribution in [0.3, 0.4) is 0 Å². The fourth-order valence-electron chi connectivity index (χ4n) is 3.02. The van der Waals surface area contributed by atoms with E-state index in [1.165, 1.54) is 4.70 Å². The Morgan fingerprint density at radius 2 is 2.05 bits per heavy atom. The molecule has 1 amide bonds. The number of hydrogen-bond acceptors (Lipinski definition) is 4.